The Hall–Kier alpha value is -1.58. The summed E-state index contributed by atoms with van der Waals surface area (Å²) in [5, 5.41) is 6.17. The molecule has 1 atom stereocenters. The van der Waals surface area contributed by atoms with Crippen LogP contribution in [0.4, 0.5) is 10.1 Å². The molecule has 2 rings (SSSR count). The number of carbonyl (C=O) groups is 1. The summed E-state index contributed by atoms with van der Waals surface area (Å²) in [6, 6.07) is 4.50. The van der Waals surface area contributed by atoms with Gasteiger partial charge in [0, 0.05) is 11.7 Å². The van der Waals surface area contributed by atoms with Crippen molar-refractivity contribution in [1.82, 2.24) is 5.32 Å². The highest BCUT2D eigenvalue weighted by Gasteiger charge is 2.19. The van der Waals surface area contributed by atoms with Gasteiger partial charge in [-0.15, -0.1) is 0 Å². The van der Waals surface area contributed by atoms with Crippen LogP contribution in [0.15, 0.2) is 18.2 Å². The first-order valence-corrected chi connectivity index (χ1v) is 7.39. The van der Waals surface area contributed by atoms with E-state index in [1.165, 1.54) is 31.4 Å². The standard InChI is InChI=1S/C16H23FN2O/c1-11-8-9-13(17)10-15(11)18-12(2)16(20)19-14-6-4-3-5-7-14/h8-10,12,14,18H,3-7H2,1-2H3,(H,19,20). The summed E-state index contributed by atoms with van der Waals surface area (Å²) >= 11 is 0. The molecule has 20 heavy (non-hydrogen) atoms. The van der Waals surface area contributed by atoms with Crippen LogP contribution in [-0.4, -0.2) is 18.0 Å². The maximum atomic E-state index is 13.2. The number of hydrogen-bond donors (Lipinski definition) is 2. The highest BCUT2D eigenvalue weighted by molar-refractivity contribution is 5.84. The quantitative estimate of drug-likeness (QED) is 0.886. The molecule has 110 valence electrons. The molecule has 1 amide bonds. The van der Waals surface area contributed by atoms with Crippen LogP contribution < -0.4 is 10.6 Å². The Balaban J connectivity index is 1.91. The van der Waals surface area contributed by atoms with Crippen molar-refractivity contribution >= 4 is 11.6 Å². The molecule has 1 aliphatic carbocycles. The molecule has 0 spiro atoms. The van der Waals surface area contributed by atoms with E-state index in [-0.39, 0.29) is 17.8 Å². The summed E-state index contributed by atoms with van der Waals surface area (Å²) in [5.41, 5.74) is 1.61. The lowest BCUT2D eigenvalue weighted by Crippen LogP contribution is -2.44. The highest BCUT2D eigenvalue weighted by atomic mass is 19.1. The van der Waals surface area contributed by atoms with E-state index in [4.69, 9.17) is 0 Å². The topological polar surface area (TPSA) is 41.1 Å². The number of halogens is 1. The van der Waals surface area contributed by atoms with Crippen LogP contribution in [0.25, 0.3) is 0 Å². The molecular weight excluding hydrogens is 255 g/mol. The van der Waals surface area contributed by atoms with Crippen molar-refractivity contribution in [3.05, 3.63) is 29.6 Å². The molecule has 3 nitrogen and oxygen atoms in total. The van der Waals surface area contributed by atoms with Crippen molar-refractivity contribution in [2.24, 2.45) is 0 Å². The lowest BCUT2D eigenvalue weighted by Gasteiger charge is -2.25. The second kappa shape index (κ2) is 6.73. The maximum Gasteiger partial charge on any atom is 0.242 e. The minimum Gasteiger partial charge on any atom is -0.374 e. The van der Waals surface area contributed by atoms with Gasteiger partial charge in [-0.3, -0.25) is 4.79 Å². The molecule has 2 N–H and O–H groups in total. The van der Waals surface area contributed by atoms with Gasteiger partial charge in [0.05, 0.1) is 0 Å². The van der Waals surface area contributed by atoms with Crippen LogP contribution in [0, 0.1) is 12.7 Å². The predicted molar refractivity (Wildman–Crippen MR) is 79.2 cm³/mol. The molecule has 4 heteroatoms. The van der Waals surface area contributed by atoms with Gasteiger partial charge in [0.15, 0.2) is 0 Å². The van der Waals surface area contributed by atoms with Crippen LogP contribution in [0.3, 0.4) is 0 Å². The average molecular weight is 278 g/mol. The Morgan fingerprint density at radius 1 is 1.30 bits per heavy atom. The van der Waals surface area contributed by atoms with Crippen molar-refractivity contribution in [1.29, 1.82) is 0 Å². The van der Waals surface area contributed by atoms with E-state index in [9.17, 15) is 9.18 Å². The summed E-state index contributed by atoms with van der Waals surface area (Å²) in [5.74, 6) is -0.307. The third-order valence-corrected chi connectivity index (χ3v) is 3.92. The van der Waals surface area contributed by atoms with Crippen LogP contribution in [0.5, 0.6) is 0 Å². The fraction of sp³-hybridized carbons (Fsp3) is 0.562. The van der Waals surface area contributed by atoms with Gasteiger partial charge in [-0.2, -0.15) is 0 Å². The third kappa shape index (κ3) is 3.95. The SMILES string of the molecule is Cc1ccc(F)cc1NC(C)C(=O)NC1CCCCC1. The molecule has 1 unspecified atom stereocenters. The number of nitrogens with one attached hydrogen (secondary N) is 2. The summed E-state index contributed by atoms with van der Waals surface area (Å²) < 4.78 is 13.2. The van der Waals surface area contributed by atoms with Crippen LogP contribution in [0.2, 0.25) is 0 Å². The highest BCUT2D eigenvalue weighted by Crippen LogP contribution is 2.19. The Bertz CT molecular complexity index is 470. The number of anilines is 1. The van der Waals surface area contributed by atoms with Crippen LogP contribution in [-0.2, 0) is 4.79 Å². The summed E-state index contributed by atoms with van der Waals surface area (Å²) in [6.07, 6.45) is 5.78. The number of amides is 1. The zero-order chi connectivity index (χ0) is 14.5. The number of rotatable bonds is 4. The first kappa shape index (κ1) is 14.8. The Morgan fingerprint density at radius 3 is 2.70 bits per heavy atom. The zero-order valence-corrected chi connectivity index (χ0v) is 12.2. The molecule has 1 aliphatic rings. The monoisotopic (exact) mass is 278 g/mol. The molecule has 0 aliphatic heterocycles. The normalized spacial score (nSPS) is 17.6. The van der Waals surface area contributed by atoms with E-state index in [0.717, 1.165) is 18.4 Å². The van der Waals surface area contributed by atoms with Gasteiger partial charge in [-0.1, -0.05) is 25.3 Å². The molecule has 0 aromatic heterocycles. The lowest BCUT2D eigenvalue weighted by molar-refractivity contribution is -0.122. The zero-order valence-electron chi connectivity index (χ0n) is 12.2. The molecule has 0 radical (unpaired) electrons. The van der Waals surface area contributed by atoms with E-state index >= 15 is 0 Å². The molecular formula is C16H23FN2O. The number of hydrogen-bond acceptors (Lipinski definition) is 2. The molecule has 1 saturated carbocycles. The van der Waals surface area contributed by atoms with Gasteiger partial charge < -0.3 is 10.6 Å². The van der Waals surface area contributed by atoms with Crippen molar-refractivity contribution < 1.29 is 9.18 Å². The van der Waals surface area contributed by atoms with Crippen LogP contribution in [0.1, 0.15) is 44.6 Å². The first-order chi connectivity index (χ1) is 9.56. The Labute approximate surface area is 120 Å². The smallest absolute Gasteiger partial charge is 0.242 e. The minimum absolute atomic E-state index is 0.0134. The largest absolute Gasteiger partial charge is 0.374 e. The van der Waals surface area contributed by atoms with E-state index in [1.54, 1.807) is 6.07 Å². The minimum atomic E-state index is -0.363. The maximum absolute atomic E-state index is 13.2. The predicted octanol–water partition coefficient (Wildman–Crippen LogP) is 3.38. The fourth-order valence-corrected chi connectivity index (χ4v) is 2.62. The Morgan fingerprint density at radius 2 is 2.00 bits per heavy atom. The van der Waals surface area contributed by atoms with Crippen molar-refractivity contribution in [2.75, 3.05) is 5.32 Å². The molecule has 1 aromatic carbocycles. The number of aryl methyl sites for hydroxylation is 1. The molecule has 0 saturated heterocycles. The van der Waals surface area contributed by atoms with E-state index in [0.29, 0.717) is 11.7 Å². The average Bonchev–Trinajstić information content (AvgIpc) is 2.44. The number of benzene rings is 1. The van der Waals surface area contributed by atoms with Gasteiger partial charge in [0.25, 0.3) is 0 Å². The molecule has 1 aromatic rings. The van der Waals surface area contributed by atoms with Crippen LogP contribution >= 0.6 is 0 Å². The summed E-state index contributed by atoms with van der Waals surface area (Å²) in [7, 11) is 0. The van der Waals surface area contributed by atoms with Gasteiger partial charge >= 0.3 is 0 Å². The van der Waals surface area contributed by atoms with Gasteiger partial charge in [-0.05, 0) is 44.4 Å². The second-order valence-electron chi connectivity index (χ2n) is 5.67. The second-order valence-corrected chi connectivity index (χ2v) is 5.67. The lowest BCUT2D eigenvalue weighted by atomic mass is 9.95. The van der Waals surface area contributed by atoms with Gasteiger partial charge in [-0.25, -0.2) is 4.39 Å². The fourth-order valence-electron chi connectivity index (χ4n) is 2.62. The summed E-state index contributed by atoms with van der Waals surface area (Å²) in [4.78, 5) is 12.1. The molecule has 0 bridgehead atoms. The first-order valence-electron chi connectivity index (χ1n) is 7.39. The van der Waals surface area contributed by atoms with Crippen molar-refractivity contribution in [2.45, 2.75) is 58.0 Å². The summed E-state index contributed by atoms with van der Waals surface area (Å²) in [6.45, 7) is 3.70. The van der Waals surface area contributed by atoms with Gasteiger partial charge in [0.1, 0.15) is 11.9 Å². The van der Waals surface area contributed by atoms with E-state index in [1.807, 2.05) is 13.8 Å². The molecule has 0 heterocycles. The van der Waals surface area contributed by atoms with E-state index in [2.05, 4.69) is 10.6 Å². The van der Waals surface area contributed by atoms with Crippen molar-refractivity contribution in [3.8, 4) is 0 Å². The van der Waals surface area contributed by atoms with E-state index < -0.39 is 0 Å². The van der Waals surface area contributed by atoms with Gasteiger partial charge in [0.2, 0.25) is 5.91 Å². The number of carbonyl (C=O) groups excluding carboxylic acids is 1. The van der Waals surface area contributed by atoms with Crippen molar-refractivity contribution in [3.63, 3.8) is 0 Å². The molecule has 1 fully saturated rings. The third-order valence-electron chi connectivity index (χ3n) is 3.92. The Kier molecular flexibility index (Phi) is 4.99.